The quantitative estimate of drug-likeness (QED) is 0.508. The smallest absolute Gasteiger partial charge is 0.243 e. The summed E-state index contributed by atoms with van der Waals surface area (Å²) in [4.78, 5) is 37.0. The van der Waals surface area contributed by atoms with E-state index >= 15 is 0 Å². The van der Waals surface area contributed by atoms with Crippen LogP contribution in [0, 0.1) is 0 Å². The zero-order valence-electron chi connectivity index (χ0n) is 22.2. The highest BCUT2D eigenvalue weighted by atomic mass is 16.6. The van der Waals surface area contributed by atoms with E-state index < -0.39 is 17.6 Å². The van der Waals surface area contributed by atoms with Crippen molar-refractivity contribution < 1.29 is 14.4 Å². The minimum absolute atomic E-state index is 0.114. The van der Waals surface area contributed by atoms with E-state index in [1.807, 2.05) is 81.4 Å². The summed E-state index contributed by atoms with van der Waals surface area (Å²) in [6.07, 6.45) is 0.356. The second-order valence-corrected chi connectivity index (χ2v) is 10.1. The summed E-state index contributed by atoms with van der Waals surface area (Å²) in [6.45, 7) is 13.4. The fourth-order valence-corrected chi connectivity index (χ4v) is 4.37. The summed E-state index contributed by atoms with van der Waals surface area (Å²) in [7, 11) is 0. The summed E-state index contributed by atoms with van der Waals surface area (Å²) >= 11 is 0. The number of likely N-dealkylation sites (N-methyl/N-ethyl adjacent to an activating group) is 1. The molecule has 0 saturated carbocycles. The van der Waals surface area contributed by atoms with Crippen molar-refractivity contribution in [3.8, 4) is 0 Å². The third kappa shape index (κ3) is 7.40. The second-order valence-electron chi connectivity index (χ2n) is 10.1. The van der Waals surface area contributed by atoms with Crippen LogP contribution in [0.2, 0.25) is 0 Å². The first-order chi connectivity index (χ1) is 17.2. The minimum atomic E-state index is -0.633. The van der Waals surface area contributed by atoms with Crippen molar-refractivity contribution in [2.75, 3.05) is 32.7 Å². The molecule has 1 atom stereocenters. The molecule has 1 N–H and O–H groups in total. The average molecular weight is 493 g/mol. The summed E-state index contributed by atoms with van der Waals surface area (Å²) in [6, 6.07) is 18.8. The molecular formula is C29H40N4O3. The van der Waals surface area contributed by atoms with Crippen molar-refractivity contribution >= 4 is 17.5 Å². The monoisotopic (exact) mass is 492 g/mol. The molecule has 0 radical (unpaired) electrons. The van der Waals surface area contributed by atoms with Crippen LogP contribution in [0.5, 0.6) is 0 Å². The number of hydrogen-bond acceptors (Lipinski definition) is 5. The van der Waals surface area contributed by atoms with E-state index in [0.29, 0.717) is 18.7 Å². The van der Waals surface area contributed by atoms with Crippen LogP contribution in [-0.4, -0.2) is 71.7 Å². The molecule has 1 fully saturated rings. The normalized spacial score (nSPS) is 17.1. The predicted molar refractivity (Wildman–Crippen MR) is 144 cm³/mol. The van der Waals surface area contributed by atoms with E-state index in [2.05, 4.69) is 29.2 Å². The van der Waals surface area contributed by atoms with Crippen LogP contribution in [0.25, 0.3) is 0 Å². The summed E-state index contributed by atoms with van der Waals surface area (Å²) < 4.78 is 0. The van der Waals surface area contributed by atoms with Crippen molar-refractivity contribution in [3.63, 3.8) is 0 Å². The molecule has 194 valence electrons. The van der Waals surface area contributed by atoms with Gasteiger partial charge >= 0.3 is 0 Å². The Balaban J connectivity index is 1.88. The third-order valence-electron chi connectivity index (χ3n) is 6.33. The van der Waals surface area contributed by atoms with Crippen molar-refractivity contribution in [1.29, 1.82) is 0 Å². The highest BCUT2D eigenvalue weighted by molar-refractivity contribution is 6.02. The maximum absolute atomic E-state index is 14.1. The Morgan fingerprint density at radius 3 is 2.08 bits per heavy atom. The van der Waals surface area contributed by atoms with Gasteiger partial charge < -0.3 is 20.0 Å². The van der Waals surface area contributed by atoms with E-state index in [1.54, 1.807) is 4.90 Å². The first kappa shape index (κ1) is 27.4. The number of oxime groups is 1. The van der Waals surface area contributed by atoms with Gasteiger partial charge in [0.05, 0.1) is 18.2 Å². The van der Waals surface area contributed by atoms with Crippen LogP contribution in [0.1, 0.15) is 58.1 Å². The maximum atomic E-state index is 14.1. The van der Waals surface area contributed by atoms with Crippen LogP contribution in [0.3, 0.4) is 0 Å². The van der Waals surface area contributed by atoms with Crippen molar-refractivity contribution in [1.82, 2.24) is 15.1 Å². The Morgan fingerprint density at radius 2 is 1.58 bits per heavy atom. The lowest BCUT2D eigenvalue weighted by Gasteiger charge is -2.28. The number of likely N-dealkylation sites (tertiary alicyclic amines) is 1. The largest absolute Gasteiger partial charge is 0.390 e. The number of nitrogens with zero attached hydrogens (tertiary/aromatic N) is 3. The lowest BCUT2D eigenvalue weighted by atomic mass is 9.90. The van der Waals surface area contributed by atoms with Crippen LogP contribution >= 0.6 is 0 Å². The Hall–Kier alpha value is -3.19. The lowest BCUT2D eigenvalue weighted by molar-refractivity contribution is -0.138. The predicted octanol–water partition coefficient (Wildman–Crippen LogP) is 4.05. The maximum Gasteiger partial charge on any atom is 0.243 e. The van der Waals surface area contributed by atoms with Gasteiger partial charge in [-0.25, -0.2) is 0 Å². The van der Waals surface area contributed by atoms with Crippen LogP contribution in [-0.2, 0) is 14.4 Å². The number of benzene rings is 2. The first-order valence-electron chi connectivity index (χ1n) is 12.9. The van der Waals surface area contributed by atoms with E-state index in [0.717, 1.165) is 30.8 Å². The molecule has 0 unspecified atom stereocenters. The molecule has 1 heterocycles. The van der Waals surface area contributed by atoms with Crippen LogP contribution in [0.15, 0.2) is 65.8 Å². The number of carbonyl (C=O) groups is 2. The number of rotatable bonds is 10. The van der Waals surface area contributed by atoms with Gasteiger partial charge in [0.2, 0.25) is 11.8 Å². The Kier molecular flexibility index (Phi) is 9.65. The zero-order valence-corrected chi connectivity index (χ0v) is 22.2. The van der Waals surface area contributed by atoms with Gasteiger partial charge in [0.15, 0.2) is 0 Å². The molecule has 0 bridgehead atoms. The topological polar surface area (TPSA) is 74.2 Å². The lowest BCUT2D eigenvalue weighted by Crippen LogP contribution is -2.48. The summed E-state index contributed by atoms with van der Waals surface area (Å²) in [5, 5.41) is 7.38. The van der Waals surface area contributed by atoms with Crippen molar-refractivity contribution in [3.05, 3.63) is 71.8 Å². The second kappa shape index (κ2) is 12.7. The van der Waals surface area contributed by atoms with E-state index in [-0.39, 0.29) is 18.4 Å². The van der Waals surface area contributed by atoms with Gasteiger partial charge in [0, 0.05) is 19.5 Å². The Bertz CT molecular complexity index is 974. The molecule has 2 aromatic carbocycles. The average Bonchev–Trinajstić information content (AvgIpc) is 3.31. The molecule has 36 heavy (non-hydrogen) atoms. The highest BCUT2D eigenvalue weighted by Gasteiger charge is 2.41. The molecule has 2 amide bonds. The number of amides is 2. The molecule has 7 nitrogen and oxygen atoms in total. The molecule has 1 aliphatic rings. The van der Waals surface area contributed by atoms with Gasteiger partial charge in [-0.05, 0) is 45.0 Å². The molecule has 1 aliphatic heterocycles. The third-order valence-corrected chi connectivity index (χ3v) is 6.33. The van der Waals surface area contributed by atoms with E-state index in [1.165, 1.54) is 0 Å². The van der Waals surface area contributed by atoms with Crippen LogP contribution < -0.4 is 5.32 Å². The molecule has 3 rings (SSSR count). The minimum Gasteiger partial charge on any atom is -0.390 e. The molecule has 0 aliphatic carbocycles. The van der Waals surface area contributed by atoms with Gasteiger partial charge in [-0.15, -0.1) is 0 Å². The molecule has 2 aromatic rings. The molecule has 0 aromatic heterocycles. The number of hydrogen-bond donors (Lipinski definition) is 1. The van der Waals surface area contributed by atoms with Gasteiger partial charge in [-0.1, -0.05) is 79.7 Å². The first-order valence-corrected chi connectivity index (χ1v) is 12.9. The summed E-state index contributed by atoms with van der Waals surface area (Å²) in [5.74, 6) is -0.783. The Morgan fingerprint density at radius 1 is 1.03 bits per heavy atom. The zero-order chi connectivity index (χ0) is 26.1. The fourth-order valence-electron chi connectivity index (χ4n) is 4.37. The molecular weight excluding hydrogens is 452 g/mol. The molecule has 1 saturated heterocycles. The number of carbonyl (C=O) groups excluding carboxylic acids is 2. The van der Waals surface area contributed by atoms with Gasteiger partial charge in [0.1, 0.15) is 11.6 Å². The van der Waals surface area contributed by atoms with Gasteiger partial charge in [-0.3, -0.25) is 9.59 Å². The van der Waals surface area contributed by atoms with Crippen molar-refractivity contribution in [2.45, 2.75) is 58.6 Å². The fraction of sp³-hybridized carbons (Fsp3) is 0.483. The van der Waals surface area contributed by atoms with Gasteiger partial charge in [0.25, 0.3) is 0 Å². The van der Waals surface area contributed by atoms with Gasteiger partial charge in [-0.2, -0.15) is 0 Å². The molecule has 0 spiro atoms. The standard InChI is InChI=1S/C29H40N4O3/c1-6-32(7-2)19-18-30-27(34)25-20-24(31-36-29(3,4)5)21-33(25)28(35)26(22-14-10-8-11-15-22)23-16-12-9-13-17-23/h8-17,25-26H,6-7,18-21H2,1-5H3,(H,30,34)/t25-/m0/s1. The molecule has 7 heteroatoms. The SMILES string of the molecule is CCN(CC)CCNC(=O)[C@@H]1CC(=NOC(C)(C)C)CN1C(=O)C(c1ccccc1)c1ccccc1. The van der Waals surface area contributed by atoms with E-state index in [4.69, 9.17) is 4.84 Å². The Labute approximate surface area is 215 Å². The highest BCUT2D eigenvalue weighted by Crippen LogP contribution is 2.30. The van der Waals surface area contributed by atoms with Crippen LogP contribution in [0.4, 0.5) is 0 Å². The van der Waals surface area contributed by atoms with E-state index in [9.17, 15) is 9.59 Å². The number of nitrogens with one attached hydrogen (secondary N) is 1. The summed E-state index contributed by atoms with van der Waals surface area (Å²) in [5.41, 5.74) is 2.03. The van der Waals surface area contributed by atoms with Crippen molar-refractivity contribution in [2.24, 2.45) is 5.16 Å².